The summed E-state index contributed by atoms with van der Waals surface area (Å²) in [6.45, 7) is 1.08. The SMILES string of the molecule is CC(=O)O.N#Cc1cnccc1N(N)C(=O)NN. The lowest BCUT2D eigenvalue weighted by Gasteiger charge is -2.15. The Bertz CT molecular complexity index is 466. The highest BCUT2D eigenvalue weighted by molar-refractivity contribution is 5.91. The predicted octanol–water partition coefficient (Wildman–Crippen LogP) is -0.692. The van der Waals surface area contributed by atoms with E-state index in [-0.39, 0.29) is 11.3 Å². The van der Waals surface area contributed by atoms with Crippen LogP contribution in [0.3, 0.4) is 0 Å². The molecule has 0 radical (unpaired) electrons. The highest BCUT2D eigenvalue weighted by Gasteiger charge is 2.13. The van der Waals surface area contributed by atoms with E-state index in [0.29, 0.717) is 0 Å². The number of nitriles is 1. The number of carbonyl (C=O) groups excluding carboxylic acids is 1. The number of amides is 2. The van der Waals surface area contributed by atoms with E-state index >= 15 is 0 Å². The average molecular weight is 252 g/mol. The molecule has 0 atom stereocenters. The standard InChI is InChI=1S/C7H8N6O.C2H4O2/c8-3-5-4-11-2-1-6(5)13(10)7(14)12-9;1-2(3)4/h1-2,4H,9-10H2,(H,12,14);1H3,(H,3,4). The van der Waals surface area contributed by atoms with Crippen molar-refractivity contribution in [2.45, 2.75) is 6.92 Å². The molecule has 1 heterocycles. The maximum absolute atomic E-state index is 11.0. The first-order valence-corrected chi connectivity index (χ1v) is 4.53. The van der Waals surface area contributed by atoms with Gasteiger partial charge in [-0.05, 0) is 6.07 Å². The summed E-state index contributed by atoms with van der Waals surface area (Å²) >= 11 is 0. The van der Waals surface area contributed by atoms with Crippen molar-refractivity contribution < 1.29 is 14.7 Å². The molecule has 1 aromatic rings. The number of carbonyl (C=O) groups is 2. The van der Waals surface area contributed by atoms with E-state index < -0.39 is 12.0 Å². The maximum Gasteiger partial charge on any atom is 0.350 e. The van der Waals surface area contributed by atoms with Gasteiger partial charge in [0.05, 0.1) is 11.3 Å². The summed E-state index contributed by atoms with van der Waals surface area (Å²) in [5.74, 6) is 9.44. The lowest BCUT2D eigenvalue weighted by molar-refractivity contribution is -0.134. The van der Waals surface area contributed by atoms with Gasteiger partial charge in [0, 0.05) is 19.3 Å². The minimum absolute atomic E-state index is 0.193. The van der Waals surface area contributed by atoms with Crippen LogP contribution in [0.25, 0.3) is 0 Å². The Balaban J connectivity index is 0.000000631. The first kappa shape index (κ1) is 15.3. The summed E-state index contributed by atoms with van der Waals surface area (Å²) in [6.07, 6.45) is 2.72. The second-order valence-electron chi connectivity index (χ2n) is 2.84. The van der Waals surface area contributed by atoms with Gasteiger partial charge in [-0.25, -0.2) is 21.5 Å². The summed E-state index contributed by atoms with van der Waals surface area (Å²) < 4.78 is 0. The van der Waals surface area contributed by atoms with E-state index in [1.165, 1.54) is 18.5 Å². The largest absolute Gasteiger partial charge is 0.481 e. The number of carboxylic acids is 1. The number of nitrogens with two attached hydrogens (primary N) is 2. The first-order chi connectivity index (χ1) is 8.43. The van der Waals surface area contributed by atoms with Crippen molar-refractivity contribution >= 4 is 17.7 Å². The Morgan fingerprint density at radius 3 is 2.61 bits per heavy atom. The van der Waals surface area contributed by atoms with E-state index in [4.69, 9.17) is 26.8 Å². The van der Waals surface area contributed by atoms with Crippen LogP contribution in [0.1, 0.15) is 12.5 Å². The van der Waals surface area contributed by atoms with Crippen molar-refractivity contribution in [2.75, 3.05) is 5.01 Å². The average Bonchev–Trinajstić information content (AvgIpc) is 2.36. The Morgan fingerprint density at radius 2 is 2.17 bits per heavy atom. The van der Waals surface area contributed by atoms with Crippen LogP contribution >= 0.6 is 0 Å². The number of aromatic nitrogens is 1. The van der Waals surface area contributed by atoms with E-state index in [2.05, 4.69) is 4.98 Å². The Morgan fingerprint density at radius 1 is 1.61 bits per heavy atom. The topological polar surface area (TPSA) is 158 Å². The van der Waals surface area contributed by atoms with Gasteiger partial charge in [-0.3, -0.25) is 15.2 Å². The predicted molar refractivity (Wildman–Crippen MR) is 61.6 cm³/mol. The molecule has 0 bridgehead atoms. The molecule has 9 nitrogen and oxygen atoms in total. The number of pyridine rings is 1. The molecular formula is C9H12N6O3. The van der Waals surface area contributed by atoms with E-state index in [1.807, 2.05) is 11.5 Å². The molecule has 0 fully saturated rings. The number of aliphatic carboxylic acids is 1. The van der Waals surface area contributed by atoms with Gasteiger partial charge in [0.15, 0.2) is 0 Å². The summed E-state index contributed by atoms with van der Waals surface area (Å²) in [5.41, 5.74) is 2.28. The molecule has 0 aliphatic rings. The van der Waals surface area contributed by atoms with Crippen molar-refractivity contribution in [3.8, 4) is 6.07 Å². The van der Waals surface area contributed by atoms with Crippen molar-refractivity contribution in [1.29, 1.82) is 5.26 Å². The fourth-order valence-corrected chi connectivity index (χ4v) is 0.862. The smallest absolute Gasteiger partial charge is 0.350 e. The van der Waals surface area contributed by atoms with Gasteiger partial charge in [-0.1, -0.05) is 0 Å². The molecule has 18 heavy (non-hydrogen) atoms. The zero-order chi connectivity index (χ0) is 14.1. The van der Waals surface area contributed by atoms with Crippen molar-refractivity contribution in [1.82, 2.24) is 10.4 Å². The Hall–Kier alpha value is -2.70. The van der Waals surface area contributed by atoms with Crippen LogP contribution in [0, 0.1) is 11.3 Å². The molecule has 0 saturated carbocycles. The molecule has 9 heteroatoms. The molecule has 1 rings (SSSR count). The zero-order valence-electron chi connectivity index (χ0n) is 9.49. The second kappa shape index (κ2) is 7.55. The molecule has 2 amide bonds. The molecule has 1 aromatic heterocycles. The third kappa shape index (κ3) is 4.88. The van der Waals surface area contributed by atoms with Crippen LogP contribution < -0.4 is 22.1 Å². The number of carboxylic acid groups (broad SMARTS) is 1. The van der Waals surface area contributed by atoms with Crippen LogP contribution in [0.4, 0.5) is 10.5 Å². The van der Waals surface area contributed by atoms with Crippen molar-refractivity contribution in [2.24, 2.45) is 11.7 Å². The molecule has 0 unspecified atom stereocenters. The van der Waals surface area contributed by atoms with Gasteiger partial charge in [-0.2, -0.15) is 5.26 Å². The van der Waals surface area contributed by atoms with Gasteiger partial charge >= 0.3 is 6.03 Å². The van der Waals surface area contributed by atoms with Gasteiger partial charge < -0.3 is 5.11 Å². The summed E-state index contributed by atoms with van der Waals surface area (Å²) in [7, 11) is 0. The van der Waals surface area contributed by atoms with Gasteiger partial charge in [0.2, 0.25) is 0 Å². The third-order valence-electron chi connectivity index (χ3n) is 1.52. The zero-order valence-corrected chi connectivity index (χ0v) is 9.49. The number of urea groups is 1. The molecule has 6 N–H and O–H groups in total. The number of hydrazine groups is 2. The summed E-state index contributed by atoms with van der Waals surface area (Å²) in [4.78, 5) is 23.7. The normalized spacial score (nSPS) is 8.33. The van der Waals surface area contributed by atoms with Crippen LogP contribution in [0.15, 0.2) is 18.5 Å². The fourth-order valence-electron chi connectivity index (χ4n) is 0.862. The van der Waals surface area contributed by atoms with Gasteiger partial charge in [0.1, 0.15) is 6.07 Å². The molecule has 0 aromatic carbocycles. The van der Waals surface area contributed by atoms with Crippen LogP contribution in [-0.4, -0.2) is 22.1 Å². The third-order valence-corrected chi connectivity index (χ3v) is 1.52. The molecule has 0 saturated heterocycles. The summed E-state index contributed by atoms with van der Waals surface area (Å²) in [6, 6.07) is 2.57. The Kier molecular flexibility index (Phi) is 6.42. The van der Waals surface area contributed by atoms with Crippen LogP contribution in [0.5, 0.6) is 0 Å². The number of anilines is 1. The first-order valence-electron chi connectivity index (χ1n) is 4.53. The maximum atomic E-state index is 11.0. The molecule has 0 aliphatic carbocycles. The minimum atomic E-state index is -0.833. The monoisotopic (exact) mass is 252 g/mol. The minimum Gasteiger partial charge on any atom is -0.481 e. The number of hydrogen-bond donors (Lipinski definition) is 4. The molecular weight excluding hydrogens is 240 g/mol. The molecule has 0 aliphatic heterocycles. The van der Waals surface area contributed by atoms with Crippen molar-refractivity contribution in [3.05, 3.63) is 24.0 Å². The number of rotatable bonds is 1. The quantitative estimate of drug-likeness (QED) is 0.292. The highest BCUT2D eigenvalue weighted by Crippen LogP contribution is 2.14. The number of nitrogens with one attached hydrogen (secondary N) is 1. The lowest BCUT2D eigenvalue weighted by atomic mass is 10.2. The van der Waals surface area contributed by atoms with Gasteiger partial charge in [-0.15, -0.1) is 0 Å². The highest BCUT2D eigenvalue weighted by atomic mass is 16.4. The fraction of sp³-hybridized carbons (Fsp3) is 0.111. The lowest BCUT2D eigenvalue weighted by Crippen LogP contribution is -2.47. The van der Waals surface area contributed by atoms with E-state index in [0.717, 1.165) is 11.9 Å². The van der Waals surface area contributed by atoms with Crippen molar-refractivity contribution in [3.63, 3.8) is 0 Å². The van der Waals surface area contributed by atoms with Gasteiger partial charge in [0.25, 0.3) is 5.97 Å². The Labute approximate surface area is 103 Å². The molecule has 96 valence electrons. The van der Waals surface area contributed by atoms with E-state index in [9.17, 15) is 4.79 Å². The molecule has 0 spiro atoms. The number of hydrogen-bond acceptors (Lipinski definition) is 6. The van der Waals surface area contributed by atoms with Crippen LogP contribution in [0.2, 0.25) is 0 Å². The van der Waals surface area contributed by atoms with E-state index in [1.54, 1.807) is 0 Å². The second-order valence-corrected chi connectivity index (χ2v) is 2.84. The number of nitrogens with zero attached hydrogens (tertiary/aromatic N) is 3. The van der Waals surface area contributed by atoms with Crippen LogP contribution in [-0.2, 0) is 4.79 Å². The summed E-state index contributed by atoms with van der Waals surface area (Å²) in [5, 5.41) is 16.8.